The van der Waals surface area contributed by atoms with E-state index in [1.54, 1.807) is 11.3 Å². The molecule has 21 heavy (non-hydrogen) atoms. The minimum Gasteiger partial charge on any atom is -0.235 e. The Kier molecular flexibility index (Phi) is 3.81. The lowest BCUT2D eigenvalue weighted by Crippen LogP contribution is -2.06. The summed E-state index contributed by atoms with van der Waals surface area (Å²) in [5.41, 5.74) is 4.70. The zero-order chi connectivity index (χ0) is 14.9. The van der Waals surface area contributed by atoms with E-state index < -0.39 is 0 Å². The summed E-state index contributed by atoms with van der Waals surface area (Å²) >= 11 is 1.70. The third-order valence-corrected chi connectivity index (χ3v) is 4.28. The van der Waals surface area contributed by atoms with Crippen LogP contribution in [0, 0.1) is 5.41 Å². The van der Waals surface area contributed by atoms with Crippen LogP contribution in [0.1, 0.15) is 39.3 Å². The van der Waals surface area contributed by atoms with E-state index >= 15 is 0 Å². The summed E-state index contributed by atoms with van der Waals surface area (Å²) < 4.78 is 1.97. The summed E-state index contributed by atoms with van der Waals surface area (Å²) in [6, 6.07) is 6.28. The Balaban J connectivity index is 1.84. The number of nitrogens with zero attached hydrogens (tertiary/aromatic N) is 3. The van der Waals surface area contributed by atoms with Crippen LogP contribution in [0.4, 0.5) is 0 Å². The van der Waals surface area contributed by atoms with Gasteiger partial charge < -0.3 is 0 Å². The van der Waals surface area contributed by atoms with Crippen LogP contribution >= 0.6 is 11.3 Å². The van der Waals surface area contributed by atoms with Crippen molar-refractivity contribution in [2.24, 2.45) is 5.41 Å². The number of hydrogen-bond acceptors (Lipinski definition) is 3. The van der Waals surface area contributed by atoms with Crippen LogP contribution < -0.4 is 0 Å². The van der Waals surface area contributed by atoms with Gasteiger partial charge in [-0.2, -0.15) is 16.4 Å². The molecule has 0 aliphatic carbocycles. The van der Waals surface area contributed by atoms with Crippen molar-refractivity contribution in [1.29, 1.82) is 0 Å². The zero-order valence-corrected chi connectivity index (χ0v) is 13.7. The van der Waals surface area contributed by atoms with Gasteiger partial charge in [0.1, 0.15) is 0 Å². The van der Waals surface area contributed by atoms with Crippen molar-refractivity contribution < 1.29 is 0 Å². The van der Waals surface area contributed by atoms with Crippen molar-refractivity contribution in [3.05, 3.63) is 40.8 Å². The van der Waals surface area contributed by atoms with Crippen LogP contribution in [0.2, 0.25) is 0 Å². The minimum absolute atomic E-state index is 0.390. The molecule has 0 radical (unpaired) electrons. The molecule has 3 aromatic heterocycles. The lowest BCUT2D eigenvalue weighted by atomic mass is 9.89. The molecule has 0 amide bonds. The van der Waals surface area contributed by atoms with E-state index in [1.165, 1.54) is 18.4 Å². The second-order valence-corrected chi connectivity index (χ2v) is 7.44. The second-order valence-electron chi connectivity index (χ2n) is 6.66. The predicted molar refractivity (Wildman–Crippen MR) is 88.7 cm³/mol. The maximum atomic E-state index is 4.77. The van der Waals surface area contributed by atoms with Crippen LogP contribution in [-0.4, -0.2) is 14.6 Å². The van der Waals surface area contributed by atoms with Gasteiger partial charge in [-0.3, -0.25) is 0 Å². The molecule has 110 valence electrons. The van der Waals surface area contributed by atoms with Crippen LogP contribution in [0.3, 0.4) is 0 Å². The van der Waals surface area contributed by atoms with Gasteiger partial charge in [0.25, 0.3) is 0 Å². The van der Waals surface area contributed by atoms with Crippen LogP contribution in [0.25, 0.3) is 16.9 Å². The van der Waals surface area contributed by atoms with Crippen LogP contribution in [0.15, 0.2) is 35.2 Å². The van der Waals surface area contributed by atoms with Gasteiger partial charge in [0.2, 0.25) is 0 Å². The van der Waals surface area contributed by atoms with E-state index in [1.807, 2.05) is 10.7 Å². The smallest absolute Gasteiger partial charge is 0.154 e. The third-order valence-electron chi connectivity index (χ3n) is 3.59. The van der Waals surface area contributed by atoms with Crippen molar-refractivity contribution in [2.45, 2.75) is 40.0 Å². The maximum Gasteiger partial charge on any atom is 0.154 e. The molecule has 0 atom stereocenters. The molecule has 0 aliphatic rings. The third kappa shape index (κ3) is 3.32. The highest BCUT2D eigenvalue weighted by molar-refractivity contribution is 7.08. The van der Waals surface area contributed by atoms with Gasteiger partial charge in [-0.15, -0.1) is 0 Å². The topological polar surface area (TPSA) is 30.2 Å². The van der Waals surface area contributed by atoms with Crippen molar-refractivity contribution in [3.63, 3.8) is 0 Å². The Morgan fingerprint density at radius 1 is 1.19 bits per heavy atom. The normalized spacial score (nSPS) is 12.1. The van der Waals surface area contributed by atoms with Gasteiger partial charge in [-0.1, -0.05) is 20.8 Å². The Hall–Kier alpha value is -1.68. The average molecular weight is 299 g/mol. The number of thiophene rings is 1. The maximum absolute atomic E-state index is 4.77. The Morgan fingerprint density at radius 3 is 2.76 bits per heavy atom. The van der Waals surface area contributed by atoms with Crippen molar-refractivity contribution in [2.75, 3.05) is 0 Å². The van der Waals surface area contributed by atoms with Crippen molar-refractivity contribution >= 4 is 17.0 Å². The van der Waals surface area contributed by atoms with Gasteiger partial charge >= 0.3 is 0 Å². The Morgan fingerprint density at radius 2 is 2.05 bits per heavy atom. The SMILES string of the molecule is CC(C)(C)CCCc1ccc2ncc(-c3ccsc3)n2n1. The zero-order valence-electron chi connectivity index (χ0n) is 12.8. The van der Waals surface area contributed by atoms with Crippen molar-refractivity contribution in [3.8, 4) is 11.3 Å². The molecule has 0 saturated carbocycles. The highest BCUT2D eigenvalue weighted by Crippen LogP contribution is 2.24. The summed E-state index contributed by atoms with van der Waals surface area (Å²) in [7, 11) is 0. The predicted octanol–water partition coefficient (Wildman–Crippen LogP) is 4.83. The first-order valence-electron chi connectivity index (χ1n) is 7.39. The molecule has 3 nitrogen and oxygen atoms in total. The fourth-order valence-corrected chi connectivity index (χ4v) is 3.10. The standard InChI is InChI=1S/C17H21N3S/c1-17(2,3)9-4-5-14-6-7-16-18-11-15(20(16)19-14)13-8-10-21-12-13/h6-8,10-12H,4-5,9H2,1-3H3. The minimum atomic E-state index is 0.390. The number of fused-ring (bicyclic) bond motifs is 1. The Labute approximate surface area is 129 Å². The van der Waals surface area contributed by atoms with E-state index in [-0.39, 0.29) is 0 Å². The van der Waals surface area contributed by atoms with E-state index in [0.717, 1.165) is 23.5 Å². The summed E-state index contributed by atoms with van der Waals surface area (Å²) in [5.74, 6) is 0. The van der Waals surface area contributed by atoms with Gasteiger partial charge in [0.05, 0.1) is 17.6 Å². The fraction of sp³-hybridized carbons (Fsp3) is 0.412. The lowest BCUT2D eigenvalue weighted by molar-refractivity contribution is 0.364. The lowest BCUT2D eigenvalue weighted by Gasteiger charge is -2.17. The second kappa shape index (κ2) is 5.60. The van der Waals surface area contributed by atoms with Crippen molar-refractivity contribution in [1.82, 2.24) is 14.6 Å². The number of hydrogen-bond donors (Lipinski definition) is 0. The molecule has 0 spiro atoms. The van der Waals surface area contributed by atoms with Gasteiger partial charge in [-0.25, -0.2) is 9.50 Å². The van der Waals surface area contributed by atoms with Gasteiger partial charge in [0, 0.05) is 10.9 Å². The fourth-order valence-electron chi connectivity index (χ4n) is 2.45. The van der Waals surface area contributed by atoms with E-state index in [2.05, 4.69) is 54.7 Å². The van der Waals surface area contributed by atoms with E-state index in [4.69, 9.17) is 5.10 Å². The molecule has 0 fully saturated rings. The van der Waals surface area contributed by atoms with Gasteiger partial charge in [-0.05, 0) is 48.3 Å². The average Bonchev–Trinajstić information content (AvgIpc) is 3.05. The van der Waals surface area contributed by atoms with Gasteiger partial charge in [0.15, 0.2) is 5.65 Å². The molecule has 0 aliphatic heterocycles. The van der Waals surface area contributed by atoms with Crippen LogP contribution in [0.5, 0.6) is 0 Å². The molecule has 0 aromatic carbocycles. The molecule has 3 aromatic rings. The number of aryl methyl sites for hydroxylation is 1. The molecule has 0 bridgehead atoms. The van der Waals surface area contributed by atoms with E-state index in [9.17, 15) is 0 Å². The number of aromatic nitrogens is 3. The molecule has 3 rings (SSSR count). The number of rotatable bonds is 4. The summed E-state index contributed by atoms with van der Waals surface area (Å²) in [6.45, 7) is 6.86. The molecular formula is C17H21N3S. The van der Waals surface area contributed by atoms with Crippen LogP contribution in [-0.2, 0) is 6.42 Å². The molecule has 3 heterocycles. The first kappa shape index (κ1) is 14.3. The highest BCUT2D eigenvalue weighted by atomic mass is 32.1. The summed E-state index contributed by atoms with van der Waals surface area (Å²) in [5, 5.41) is 8.99. The first-order valence-corrected chi connectivity index (χ1v) is 8.33. The molecule has 0 unspecified atom stereocenters. The molecule has 0 saturated heterocycles. The Bertz CT molecular complexity index is 720. The number of imidazole rings is 1. The molecule has 0 N–H and O–H groups in total. The molecular weight excluding hydrogens is 278 g/mol. The van der Waals surface area contributed by atoms with E-state index in [0.29, 0.717) is 5.41 Å². The summed E-state index contributed by atoms with van der Waals surface area (Å²) in [6.07, 6.45) is 5.32. The first-order chi connectivity index (χ1) is 10.0. The largest absolute Gasteiger partial charge is 0.235 e. The monoisotopic (exact) mass is 299 g/mol. The summed E-state index contributed by atoms with van der Waals surface area (Å²) in [4.78, 5) is 4.44. The molecule has 4 heteroatoms. The highest BCUT2D eigenvalue weighted by Gasteiger charge is 2.11. The quantitative estimate of drug-likeness (QED) is 0.691.